The van der Waals surface area contributed by atoms with Crippen LogP contribution in [-0.4, -0.2) is 55.1 Å². The molecular formula is C15H25N3O4S. The van der Waals surface area contributed by atoms with E-state index in [0.717, 1.165) is 19.6 Å². The minimum absolute atomic E-state index is 0.0115. The number of aromatic nitrogens is 1. The van der Waals surface area contributed by atoms with Gasteiger partial charge in [-0.2, -0.15) is 0 Å². The van der Waals surface area contributed by atoms with Crippen LogP contribution in [0.5, 0.6) is 0 Å². The number of rotatable bonds is 7. The summed E-state index contributed by atoms with van der Waals surface area (Å²) in [5.74, 6) is -0.946. The first-order chi connectivity index (χ1) is 10.8. The van der Waals surface area contributed by atoms with E-state index in [9.17, 15) is 13.2 Å². The van der Waals surface area contributed by atoms with E-state index in [1.165, 1.54) is 43.1 Å². The second-order valence-corrected chi connectivity index (χ2v) is 8.06. The fourth-order valence-corrected chi connectivity index (χ4v) is 4.11. The Morgan fingerprint density at radius 3 is 2.57 bits per heavy atom. The van der Waals surface area contributed by atoms with Crippen LogP contribution in [0.2, 0.25) is 0 Å². The van der Waals surface area contributed by atoms with Gasteiger partial charge in [-0.3, -0.25) is 0 Å². The number of aromatic carboxylic acids is 1. The third-order valence-electron chi connectivity index (χ3n) is 4.15. The van der Waals surface area contributed by atoms with Gasteiger partial charge in [-0.05, 0) is 37.9 Å². The van der Waals surface area contributed by atoms with Gasteiger partial charge in [0.05, 0.1) is 0 Å². The molecule has 0 aromatic carbocycles. The maximum Gasteiger partial charge on any atom is 0.352 e. The third-order valence-corrected chi connectivity index (χ3v) is 5.54. The van der Waals surface area contributed by atoms with Gasteiger partial charge in [-0.15, -0.1) is 0 Å². The minimum atomic E-state index is -3.68. The molecule has 1 saturated heterocycles. The van der Waals surface area contributed by atoms with Crippen molar-refractivity contribution in [2.75, 3.05) is 26.2 Å². The van der Waals surface area contributed by atoms with Gasteiger partial charge in [0.25, 0.3) is 0 Å². The summed E-state index contributed by atoms with van der Waals surface area (Å²) in [7, 11) is -2.17. The summed E-state index contributed by atoms with van der Waals surface area (Å²) in [5, 5.41) is 9.00. The predicted octanol–water partition coefficient (Wildman–Crippen LogP) is 1.12. The fraction of sp³-hybridized carbons (Fsp3) is 0.667. The second kappa shape index (κ2) is 7.46. The molecular weight excluding hydrogens is 318 g/mol. The molecule has 8 heteroatoms. The Labute approximate surface area is 137 Å². The zero-order chi connectivity index (χ0) is 17.0. The van der Waals surface area contributed by atoms with Crippen LogP contribution in [0.4, 0.5) is 0 Å². The quantitative estimate of drug-likeness (QED) is 0.774. The van der Waals surface area contributed by atoms with E-state index in [4.69, 9.17) is 5.11 Å². The largest absolute Gasteiger partial charge is 0.477 e. The number of sulfonamides is 1. The number of hydrogen-bond donors (Lipinski definition) is 2. The first-order valence-corrected chi connectivity index (χ1v) is 9.39. The molecule has 23 heavy (non-hydrogen) atoms. The number of nitrogens with zero attached hydrogens (tertiary/aromatic N) is 2. The summed E-state index contributed by atoms with van der Waals surface area (Å²) in [4.78, 5) is 13.4. The lowest BCUT2D eigenvalue weighted by atomic mass is 10.1. The molecule has 1 aliphatic heterocycles. The van der Waals surface area contributed by atoms with Crippen LogP contribution < -0.4 is 4.72 Å². The normalized spacial score (nSPS) is 18.0. The number of carboxylic acid groups (broad SMARTS) is 1. The molecule has 0 bridgehead atoms. The van der Waals surface area contributed by atoms with Crippen molar-refractivity contribution in [3.63, 3.8) is 0 Å². The Morgan fingerprint density at radius 2 is 2.00 bits per heavy atom. The van der Waals surface area contributed by atoms with Crippen molar-refractivity contribution in [3.05, 3.63) is 18.0 Å². The van der Waals surface area contributed by atoms with E-state index in [2.05, 4.69) is 9.62 Å². The highest BCUT2D eigenvalue weighted by atomic mass is 32.2. The molecule has 2 heterocycles. The van der Waals surface area contributed by atoms with Crippen LogP contribution in [-0.2, 0) is 17.1 Å². The Kier molecular flexibility index (Phi) is 5.83. The SMILES string of the molecule is CC(CNS(=O)(=O)c1cc(C(=O)O)n(C)c1)CN1CCCCC1. The van der Waals surface area contributed by atoms with Crippen LogP contribution in [0.3, 0.4) is 0 Å². The molecule has 1 aromatic rings. The standard InChI is InChI=1S/C15H25N3O4S/c1-12(10-18-6-4-3-5-7-18)9-16-23(21,22)13-8-14(15(19)20)17(2)11-13/h8,11-12,16H,3-7,9-10H2,1-2H3,(H,19,20). The Balaban J connectivity index is 1.92. The smallest absolute Gasteiger partial charge is 0.352 e. The average molecular weight is 343 g/mol. The number of carbonyl (C=O) groups is 1. The van der Waals surface area contributed by atoms with Gasteiger partial charge in [-0.1, -0.05) is 13.3 Å². The average Bonchev–Trinajstić information content (AvgIpc) is 2.89. The van der Waals surface area contributed by atoms with E-state index in [1.54, 1.807) is 0 Å². The molecule has 1 unspecified atom stereocenters. The minimum Gasteiger partial charge on any atom is -0.477 e. The molecule has 2 rings (SSSR count). The maximum absolute atomic E-state index is 12.3. The molecule has 130 valence electrons. The summed E-state index contributed by atoms with van der Waals surface area (Å²) < 4.78 is 28.5. The van der Waals surface area contributed by atoms with Crippen LogP contribution in [0.25, 0.3) is 0 Å². The third kappa shape index (κ3) is 4.79. The lowest BCUT2D eigenvalue weighted by Crippen LogP contribution is -2.38. The molecule has 0 spiro atoms. The van der Waals surface area contributed by atoms with Gasteiger partial charge in [0.2, 0.25) is 10.0 Å². The summed E-state index contributed by atoms with van der Waals surface area (Å²) in [6.07, 6.45) is 5.01. The van der Waals surface area contributed by atoms with Crippen LogP contribution >= 0.6 is 0 Å². The Hall–Kier alpha value is -1.38. The summed E-state index contributed by atoms with van der Waals surface area (Å²) >= 11 is 0. The Bertz CT molecular complexity index is 648. The number of hydrogen-bond acceptors (Lipinski definition) is 4. The number of likely N-dealkylation sites (tertiary alicyclic amines) is 1. The molecule has 1 atom stereocenters. The highest BCUT2D eigenvalue weighted by Gasteiger charge is 2.21. The van der Waals surface area contributed by atoms with Crippen LogP contribution in [0, 0.1) is 5.92 Å². The monoisotopic (exact) mass is 343 g/mol. The molecule has 1 aromatic heterocycles. The maximum atomic E-state index is 12.3. The van der Waals surface area contributed by atoms with Crippen molar-refractivity contribution in [1.82, 2.24) is 14.2 Å². The second-order valence-electron chi connectivity index (χ2n) is 6.30. The van der Waals surface area contributed by atoms with Gasteiger partial charge in [0, 0.05) is 26.3 Å². The molecule has 0 radical (unpaired) electrons. The van der Waals surface area contributed by atoms with Gasteiger partial charge in [0.1, 0.15) is 10.6 Å². The van der Waals surface area contributed by atoms with Crippen LogP contribution in [0.15, 0.2) is 17.2 Å². The summed E-state index contributed by atoms with van der Waals surface area (Å²) in [6.45, 7) is 5.40. The molecule has 0 saturated carbocycles. The number of carboxylic acids is 1. The lowest BCUT2D eigenvalue weighted by molar-refractivity contribution is 0.0686. The van der Waals surface area contributed by atoms with Gasteiger partial charge in [-0.25, -0.2) is 17.9 Å². The zero-order valence-electron chi connectivity index (χ0n) is 13.7. The van der Waals surface area contributed by atoms with Crippen molar-refractivity contribution in [2.24, 2.45) is 13.0 Å². The zero-order valence-corrected chi connectivity index (χ0v) is 14.5. The lowest BCUT2D eigenvalue weighted by Gasteiger charge is -2.29. The van der Waals surface area contributed by atoms with E-state index in [0.29, 0.717) is 6.54 Å². The van der Waals surface area contributed by atoms with E-state index >= 15 is 0 Å². The number of aryl methyl sites for hydroxylation is 1. The molecule has 2 N–H and O–H groups in total. The molecule has 7 nitrogen and oxygen atoms in total. The first-order valence-electron chi connectivity index (χ1n) is 7.91. The van der Waals surface area contributed by atoms with Gasteiger partial charge >= 0.3 is 5.97 Å². The van der Waals surface area contributed by atoms with E-state index in [-0.39, 0.29) is 16.5 Å². The molecule has 1 aliphatic rings. The molecule has 0 amide bonds. The summed E-state index contributed by atoms with van der Waals surface area (Å²) in [6, 6.07) is 1.18. The van der Waals surface area contributed by atoms with Crippen molar-refractivity contribution >= 4 is 16.0 Å². The van der Waals surface area contributed by atoms with Crippen molar-refractivity contribution in [3.8, 4) is 0 Å². The van der Waals surface area contributed by atoms with Crippen molar-refractivity contribution in [1.29, 1.82) is 0 Å². The molecule has 1 fully saturated rings. The fourth-order valence-electron chi connectivity index (χ4n) is 2.88. The topological polar surface area (TPSA) is 91.6 Å². The number of piperidine rings is 1. The van der Waals surface area contributed by atoms with Crippen LogP contribution in [0.1, 0.15) is 36.7 Å². The van der Waals surface area contributed by atoms with E-state index < -0.39 is 16.0 Å². The first kappa shape index (κ1) is 18.0. The Morgan fingerprint density at radius 1 is 1.35 bits per heavy atom. The predicted molar refractivity (Wildman–Crippen MR) is 87.0 cm³/mol. The van der Waals surface area contributed by atoms with Crippen molar-refractivity contribution in [2.45, 2.75) is 31.1 Å². The van der Waals surface area contributed by atoms with Gasteiger partial charge < -0.3 is 14.6 Å². The number of nitrogens with one attached hydrogen (secondary N) is 1. The highest BCUT2D eigenvalue weighted by Crippen LogP contribution is 2.14. The molecule has 0 aliphatic carbocycles. The van der Waals surface area contributed by atoms with E-state index in [1.807, 2.05) is 6.92 Å². The van der Waals surface area contributed by atoms with Crippen molar-refractivity contribution < 1.29 is 18.3 Å². The van der Waals surface area contributed by atoms with Gasteiger partial charge in [0.15, 0.2) is 0 Å². The highest BCUT2D eigenvalue weighted by molar-refractivity contribution is 7.89. The summed E-state index contributed by atoms with van der Waals surface area (Å²) in [5.41, 5.74) is -0.0493.